The Hall–Kier alpha value is -0.940. The fraction of sp³-hybridized carbons (Fsp3) is 0.692. The molecule has 0 unspecified atom stereocenters. The number of hydrogen-bond acceptors (Lipinski definition) is 4. The molecule has 5 heteroatoms. The van der Waals surface area contributed by atoms with Crippen LogP contribution in [0.5, 0.6) is 0 Å². The smallest absolute Gasteiger partial charge is 0.266 e. The summed E-state index contributed by atoms with van der Waals surface area (Å²) in [6, 6.07) is 0.192. The van der Waals surface area contributed by atoms with Gasteiger partial charge in [-0.3, -0.25) is 4.79 Å². The van der Waals surface area contributed by atoms with Crippen molar-refractivity contribution in [2.75, 3.05) is 6.54 Å². The first-order chi connectivity index (χ1) is 8.34. The topological polar surface area (TPSA) is 53.4 Å². The van der Waals surface area contributed by atoms with Crippen LogP contribution in [0, 0.1) is 5.41 Å². The zero-order valence-corrected chi connectivity index (χ0v) is 12.2. The first-order valence-electron chi connectivity index (χ1n) is 6.25. The molecule has 2 heterocycles. The van der Waals surface area contributed by atoms with Crippen LogP contribution in [0.15, 0.2) is 0 Å². The largest absolute Gasteiger partial charge is 0.389 e. The van der Waals surface area contributed by atoms with Gasteiger partial charge in [-0.2, -0.15) is 0 Å². The van der Waals surface area contributed by atoms with Gasteiger partial charge in [0.15, 0.2) is 0 Å². The number of amides is 1. The van der Waals surface area contributed by atoms with Crippen LogP contribution in [0.1, 0.15) is 48.1 Å². The summed E-state index contributed by atoms with van der Waals surface area (Å²) < 4.78 is 0. The molecule has 0 saturated heterocycles. The van der Waals surface area contributed by atoms with E-state index in [0.29, 0.717) is 9.88 Å². The average Bonchev–Trinajstić information content (AvgIpc) is 2.71. The van der Waals surface area contributed by atoms with Crippen molar-refractivity contribution in [3.63, 3.8) is 0 Å². The van der Waals surface area contributed by atoms with Gasteiger partial charge in [-0.1, -0.05) is 20.8 Å². The fourth-order valence-corrected chi connectivity index (χ4v) is 3.03. The van der Waals surface area contributed by atoms with E-state index >= 15 is 0 Å². The number of rotatable bonds is 2. The van der Waals surface area contributed by atoms with E-state index in [1.165, 1.54) is 11.3 Å². The second-order valence-electron chi connectivity index (χ2n) is 5.83. The number of fused-ring (bicyclic) bond motifs is 1. The van der Waals surface area contributed by atoms with Crippen molar-refractivity contribution < 1.29 is 9.90 Å². The quantitative estimate of drug-likeness (QED) is 0.893. The van der Waals surface area contributed by atoms with Crippen molar-refractivity contribution in [2.45, 2.75) is 46.8 Å². The molecule has 1 aromatic heterocycles. The minimum Gasteiger partial charge on any atom is -0.389 e. The summed E-state index contributed by atoms with van der Waals surface area (Å²) in [5.74, 6) is 0.0656. The third-order valence-corrected chi connectivity index (χ3v) is 4.71. The average molecular weight is 268 g/mol. The highest BCUT2D eigenvalue weighted by atomic mass is 32.1. The Morgan fingerprint density at radius 1 is 1.50 bits per heavy atom. The van der Waals surface area contributed by atoms with E-state index in [-0.39, 0.29) is 24.0 Å². The van der Waals surface area contributed by atoms with E-state index in [2.05, 4.69) is 32.7 Å². The predicted octanol–water partition coefficient (Wildman–Crippen LogP) is 2.07. The number of aliphatic hydroxyl groups excluding tert-OH is 1. The first-order valence-corrected chi connectivity index (χ1v) is 7.06. The highest BCUT2D eigenvalue weighted by Crippen LogP contribution is 2.31. The van der Waals surface area contributed by atoms with Gasteiger partial charge in [0, 0.05) is 19.0 Å². The monoisotopic (exact) mass is 268 g/mol. The second-order valence-corrected chi connectivity index (χ2v) is 6.92. The van der Waals surface area contributed by atoms with Gasteiger partial charge in [0.05, 0.1) is 12.3 Å². The second kappa shape index (κ2) is 4.63. The summed E-state index contributed by atoms with van der Waals surface area (Å²) in [7, 11) is 0. The molecule has 1 aromatic rings. The van der Waals surface area contributed by atoms with Gasteiger partial charge in [0.2, 0.25) is 0 Å². The Balaban J connectivity index is 2.28. The van der Waals surface area contributed by atoms with Gasteiger partial charge < -0.3 is 10.0 Å². The molecular weight excluding hydrogens is 248 g/mol. The van der Waals surface area contributed by atoms with Crippen LogP contribution >= 0.6 is 11.3 Å². The minimum absolute atomic E-state index is 0.0656. The van der Waals surface area contributed by atoms with Crippen molar-refractivity contribution in [3.05, 3.63) is 15.6 Å². The Bertz CT molecular complexity index is 462. The predicted molar refractivity (Wildman–Crippen MR) is 71.7 cm³/mol. The van der Waals surface area contributed by atoms with Crippen molar-refractivity contribution in [1.29, 1.82) is 0 Å². The van der Waals surface area contributed by atoms with E-state index in [1.807, 2.05) is 4.90 Å². The van der Waals surface area contributed by atoms with Crippen LogP contribution < -0.4 is 0 Å². The van der Waals surface area contributed by atoms with Crippen LogP contribution in [0.2, 0.25) is 0 Å². The van der Waals surface area contributed by atoms with Crippen LogP contribution in [-0.4, -0.2) is 33.5 Å². The Labute approximate surface area is 112 Å². The van der Waals surface area contributed by atoms with E-state index in [9.17, 15) is 4.79 Å². The first kappa shape index (κ1) is 13.5. The molecule has 0 saturated carbocycles. The van der Waals surface area contributed by atoms with E-state index in [4.69, 9.17) is 5.11 Å². The lowest BCUT2D eigenvalue weighted by Crippen LogP contribution is -2.48. The third-order valence-electron chi connectivity index (χ3n) is 3.64. The summed E-state index contributed by atoms with van der Waals surface area (Å²) in [5, 5.41) is 9.74. The molecule has 1 N–H and O–H groups in total. The van der Waals surface area contributed by atoms with Gasteiger partial charge in [-0.05, 0) is 12.3 Å². The Kier molecular flexibility index (Phi) is 3.47. The van der Waals surface area contributed by atoms with Gasteiger partial charge in [0.25, 0.3) is 5.91 Å². The zero-order valence-electron chi connectivity index (χ0n) is 11.4. The standard InChI is InChI=1S/C13H20N2O2S/c1-8(13(2,3)4)15-6-5-9-11(12(15)17)18-10(7-16)14-9/h8,16H,5-7H2,1-4H3/t8-/m1/s1. The van der Waals surface area contributed by atoms with Gasteiger partial charge in [-0.15, -0.1) is 11.3 Å². The molecule has 1 aliphatic rings. The summed E-state index contributed by atoms with van der Waals surface area (Å²) in [4.78, 5) is 19.4. The molecule has 18 heavy (non-hydrogen) atoms. The molecule has 0 radical (unpaired) electrons. The molecule has 0 spiro atoms. The summed E-state index contributed by atoms with van der Waals surface area (Å²) in [6.07, 6.45) is 0.790. The van der Waals surface area contributed by atoms with E-state index in [1.54, 1.807) is 0 Å². The molecule has 0 aliphatic carbocycles. The molecule has 0 bridgehead atoms. The number of nitrogens with zero attached hydrogens (tertiary/aromatic N) is 2. The number of carbonyl (C=O) groups is 1. The Morgan fingerprint density at radius 3 is 2.72 bits per heavy atom. The molecule has 4 nitrogen and oxygen atoms in total. The maximum Gasteiger partial charge on any atom is 0.266 e. The van der Waals surface area contributed by atoms with Crippen molar-refractivity contribution in [3.8, 4) is 0 Å². The summed E-state index contributed by atoms with van der Waals surface area (Å²) in [6.45, 7) is 9.17. The zero-order chi connectivity index (χ0) is 13.5. The summed E-state index contributed by atoms with van der Waals surface area (Å²) >= 11 is 1.32. The normalized spacial score (nSPS) is 17.8. The van der Waals surface area contributed by atoms with Gasteiger partial charge in [0.1, 0.15) is 9.88 Å². The van der Waals surface area contributed by atoms with E-state index in [0.717, 1.165) is 18.7 Å². The maximum absolute atomic E-state index is 12.4. The minimum atomic E-state index is -0.0836. The van der Waals surface area contributed by atoms with Crippen LogP contribution in [0.3, 0.4) is 0 Å². The van der Waals surface area contributed by atoms with Crippen LogP contribution in [0.25, 0.3) is 0 Å². The number of hydrogen-bond donors (Lipinski definition) is 1. The van der Waals surface area contributed by atoms with Crippen LogP contribution in [-0.2, 0) is 13.0 Å². The number of carbonyl (C=O) groups excluding carboxylic acids is 1. The lowest BCUT2D eigenvalue weighted by molar-refractivity contribution is 0.0537. The highest BCUT2D eigenvalue weighted by Gasteiger charge is 2.35. The lowest BCUT2D eigenvalue weighted by atomic mass is 9.86. The third kappa shape index (κ3) is 2.29. The van der Waals surface area contributed by atoms with Crippen molar-refractivity contribution in [2.24, 2.45) is 5.41 Å². The lowest BCUT2D eigenvalue weighted by Gasteiger charge is -2.39. The number of aromatic nitrogens is 1. The van der Waals surface area contributed by atoms with E-state index < -0.39 is 0 Å². The molecule has 0 fully saturated rings. The molecular formula is C13H20N2O2S. The Morgan fingerprint density at radius 2 is 2.17 bits per heavy atom. The maximum atomic E-state index is 12.4. The molecule has 100 valence electrons. The summed E-state index contributed by atoms with van der Waals surface area (Å²) in [5.41, 5.74) is 0.920. The van der Waals surface area contributed by atoms with Crippen molar-refractivity contribution in [1.82, 2.24) is 9.88 Å². The molecule has 0 aromatic carbocycles. The highest BCUT2D eigenvalue weighted by molar-refractivity contribution is 7.13. The van der Waals surface area contributed by atoms with Crippen molar-refractivity contribution >= 4 is 17.2 Å². The van der Waals surface area contributed by atoms with Crippen LogP contribution in [0.4, 0.5) is 0 Å². The molecule has 1 aliphatic heterocycles. The molecule has 1 atom stereocenters. The number of aliphatic hydroxyl groups is 1. The van der Waals surface area contributed by atoms with Gasteiger partial charge in [-0.25, -0.2) is 4.98 Å². The molecule has 2 rings (SSSR count). The van der Waals surface area contributed by atoms with Gasteiger partial charge >= 0.3 is 0 Å². The number of thiazole rings is 1. The molecule has 1 amide bonds. The fourth-order valence-electron chi connectivity index (χ4n) is 2.10. The SMILES string of the molecule is C[C@@H](N1CCc2nc(CO)sc2C1=O)C(C)(C)C.